The second-order valence-electron chi connectivity index (χ2n) is 4.89. The summed E-state index contributed by atoms with van der Waals surface area (Å²) in [5.41, 5.74) is 8.50. The van der Waals surface area contributed by atoms with Gasteiger partial charge in [0, 0.05) is 6.54 Å². The Morgan fingerprint density at radius 1 is 1.44 bits per heavy atom. The summed E-state index contributed by atoms with van der Waals surface area (Å²) < 4.78 is 0. The van der Waals surface area contributed by atoms with E-state index in [4.69, 9.17) is 5.73 Å². The zero-order chi connectivity index (χ0) is 11.4. The first-order valence-electron chi connectivity index (χ1n) is 6.27. The van der Waals surface area contributed by atoms with Crippen molar-refractivity contribution in [1.82, 2.24) is 4.90 Å². The van der Waals surface area contributed by atoms with Crippen LogP contribution in [0.25, 0.3) is 0 Å². The molecule has 0 saturated carbocycles. The summed E-state index contributed by atoms with van der Waals surface area (Å²) in [6.45, 7) is 3.23. The van der Waals surface area contributed by atoms with Gasteiger partial charge in [0.05, 0.1) is 0 Å². The molecule has 1 heterocycles. The molecule has 1 atom stereocenters. The van der Waals surface area contributed by atoms with E-state index in [-0.39, 0.29) is 0 Å². The van der Waals surface area contributed by atoms with Crippen molar-refractivity contribution in [2.24, 2.45) is 5.73 Å². The molecule has 1 fully saturated rings. The van der Waals surface area contributed by atoms with Gasteiger partial charge in [-0.3, -0.25) is 0 Å². The van der Waals surface area contributed by atoms with E-state index in [2.05, 4.69) is 36.2 Å². The minimum atomic E-state index is 0.739. The topological polar surface area (TPSA) is 29.3 Å². The van der Waals surface area contributed by atoms with E-state index in [1.54, 1.807) is 0 Å². The summed E-state index contributed by atoms with van der Waals surface area (Å²) in [5, 5.41) is 0. The Hall–Kier alpha value is -0.860. The first-order chi connectivity index (χ1) is 7.79. The molecule has 1 aromatic carbocycles. The maximum Gasteiger partial charge on any atom is 0.00477 e. The molecule has 1 aromatic rings. The third-order valence-electron chi connectivity index (χ3n) is 3.48. The van der Waals surface area contributed by atoms with Crippen LogP contribution in [-0.4, -0.2) is 31.6 Å². The Bertz CT molecular complexity index is 335. The monoisotopic (exact) mass is 218 g/mol. The molecule has 0 amide bonds. The molecule has 1 saturated heterocycles. The quantitative estimate of drug-likeness (QED) is 0.837. The van der Waals surface area contributed by atoms with Crippen molar-refractivity contribution in [3.8, 4) is 0 Å². The van der Waals surface area contributed by atoms with Gasteiger partial charge in [0.1, 0.15) is 0 Å². The van der Waals surface area contributed by atoms with Gasteiger partial charge in [-0.05, 0) is 56.4 Å². The van der Waals surface area contributed by atoms with Crippen LogP contribution >= 0.6 is 0 Å². The van der Waals surface area contributed by atoms with Crippen molar-refractivity contribution < 1.29 is 0 Å². The van der Waals surface area contributed by atoms with E-state index in [0.717, 1.165) is 25.3 Å². The number of likely N-dealkylation sites (tertiary alicyclic amines) is 1. The molecular weight excluding hydrogens is 196 g/mol. The van der Waals surface area contributed by atoms with Crippen LogP contribution in [0.4, 0.5) is 0 Å². The molecule has 2 nitrogen and oxygen atoms in total. The van der Waals surface area contributed by atoms with E-state index in [9.17, 15) is 0 Å². The fourth-order valence-corrected chi connectivity index (χ4v) is 2.52. The van der Waals surface area contributed by atoms with Crippen molar-refractivity contribution in [3.05, 3.63) is 35.4 Å². The summed E-state index contributed by atoms with van der Waals surface area (Å²) in [4.78, 5) is 2.41. The second-order valence-corrected chi connectivity index (χ2v) is 4.89. The van der Waals surface area contributed by atoms with Crippen molar-refractivity contribution in [2.75, 3.05) is 26.7 Å². The number of nitrogens with two attached hydrogens (primary N) is 1. The number of rotatable bonds is 4. The zero-order valence-corrected chi connectivity index (χ0v) is 10.2. The van der Waals surface area contributed by atoms with Gasteiger partial charge in [0.15, 0.2) is 0 Å². The highest BCUT2D eigenvalue weighted by atomic mass is 15.1. The largest absolute Gasteiger partial charge is 0.330 e. The van der Waals surface area contributed by atoms with Crippen LogP contribution < -0.4 is 5.73 Å². The van der Waals surface area contributed by atoms with Crippen molar-refractivity contribution in [3.63, 3.8) is 0 Å². The molecule has 0 aliphatic carbocycles. The summed E-state index contributed by atoms with van der Waals surface area (Å²) in [5.74, 6) is 0.739. The summed E-state index contributed by atoms with van der Waals surface area (Å²) >= 11 is 0. The molecule has 2 N–H and O–H groups in total. The van der Waals surface area contributed by atoms with Crippen molar-refractivity contribution in [1.29, 1.82) is 0 Å². The molecule has 2 rings (SSSR count). The van der Waals surface area contributed by atoms with Gasteiger partial charge in [0.25, 0.3) is 0 Å². The Morgan fingerprint density at radius 2 is 2.31 bits per heavy atom. The Morgan fingerprint density at radius 3 is 3.00 bits per heavy atom. The molecule has 0 aromatic heterocycles. The highest BCUT2D eigenvalue weighted by molar-refractivity contribution is 5.27. The van der Waals surface area contributed by atoms with Crippen LogP contribution in [0, 0.1) is 0 Å². The van der Waals surface area contributed by atoms with Gasteiger partial charge >= 0.3 is 0 Å². The lowest BCUT2D eigenvalue weighted by Crippen LogP contribution is -2.13. The first kappa shape index (κ1) is 11.6. The van der Waals surface area contributed by atoms with Gasteiger partial charge in [-0.1, -0.05) is 24.3 Å². The van der Waals surface area contributed by atoms with Crippen LogP contribution in [0.1, 0.15) is 29.9 Å². The van der Waals surface area contributed by atoms with Crippen LogP contribution in [0.15, 0.2) is 24.3 Å². The number of hydrogen-bond donors (Lipinski definition) is 1. The number of benzene rings is 1. The summed E-state index contributed by atoms with van der Waals surface area (Å²) in [7, 11) is 2.21. The number of aryl methyl sites for hydroxylation is 1. The van der Waals surface area contributed by atoms with Crippen LogP contribution in [-0.2, 0) is 6.42 Å². The fourth-order valence-electron chi connectivity index (χ4n) is 2.52. The standard InChI is InChI=1S/C14H22N2/c1-16-9-7-14(11-16)13-6-2-4-12(10-13)5-3-8-15/h2,4,6,10,14H,3,5,7-9,11,15H2,1H3. The average Bonchev–Trinajstić information content (AvgIpc) is 2.74. The number of nitrogens with zero attached hydrogens (tertiary/aromatic N) is 1. The smallest absolute Gasteiger partial charge is 0.00477 e. The molecule has 88 valence electrons. The second kappa shape index (κ2) is 5.46. The average molecular weight is 218 g/mol. The van der Waals surface area contributed by atoms with Crippen LogP contribution in [0.5, 0.6) is 0 Å². The van der Waals surface area contributed by atoms with Gasteiger partial charge < -0.3 is 10.6 Å². The molecular formula is C14H22N2. The van der Waals surface area contributed by atoms with Gasteiger partial charge in [0.2, 0.25) is 0 Å². The third-order valence-corrected chi connectivity index (χ3v) is 3.48. The SMILES string of the molecule is CN1CCC(c2cccc(CCCN)c2)C1. The Kier molecular flexibility index (Phi) is 3.97. The Labute approximate surface area is 98.4 Å². The van der Waals surface area contributed by atoms with E-state index in [0.29, 0.717) is 0 Å². The van der Waals surface area contributed by atoms with E-state index in [1.165, 1.54) is 30.6 Å². The minimum absolute atomic E-state index is 0.739. The lowest BCUT2D eigenvalue weighted by molar-refractivity contribution is 0.411. The molecule has 1 unspecified atom stereocenters. The van der Waals surface area contributed by atoms with E-state index in [1.807, 2.05) is 0 Å². The molecule has 0 radical (unpaired) electrons. The zero-order valence-electron chi connectivity index (χ0n) is 10.2. The summed E-state index contributed by atoms with van der Waals surface area (Å²) in [6, 6.07) is 9.06. The highest BCUT2D eigenvalue weighted by Crippen LogP contribution is 2.26. The van der Waals surface area contributed by atoms with Crippen molar-refractivity contribution in [2.45, 2.75) is 25.2 Å². The third kappa shape index (κ3) is 2.83. The molecule has 0 spiro atoms. The molecule has 1 aliphatic rings. The molecule has 0 bridgehead atoms. The number of likely N-dealkylation sites (N-methyl/N-ethyl adjacent to an activating group) is 1. The lowest BCUT2D eigenvalue weighted by atomic mass is 9.95. The molecule has 1 aliphatic heterocycles. The van der Waals surface area contributed by atoms with Crippen LogP contribution in [0.2, 0.25) is 0 Å². The van der Waals surface area contributed by atoms with Gasteiger partial charge in [-0.15, -0.1) is 0 Å². The van der Waals surface area contributed by atoms with E-state index >= 15 is 0 Å². The minimum Gasteiger partial charge on any atom is -0.330 e. The van der Waals surface area contributed by atoms with Gasteiger partial charge in [-0.25, -0.2) is 0 Å². The Balaban J connectivity index is 2.04. The first-order valence-corrected chi connectivity index (χ1v) is 6.27. The molecule has 2 heteroatoms. The van der Waals surface area contributed by atoms with Gasteiger partial charge in [-0.2, -0.15) is 0 Å². The number of hydrogen-bond acceptors (Lipinski definition) is 2. The van der Waals surface area contributed by atoms with Crippen LogP contribution in [0.3, 0.4) is 0 Å². The highest BCUT2D eigenvalue weighted by Gasteiger charge is 2.20. The predicted octanol–water partition coefficient (Wildman–Crippen LogP) is 2.00. The fraction of sp³-hybridized carbons (Fsp3) is 0.571. The predicted molar refractivity (Wildman–Crippen MR) is 68.7 cm³/mol. The molecule has 16 heavy (non-hydrogen) atoms. The lowest BCUT2D eigenvalue weighted by Gasteiger charge is -2.12. The van der Waals surface area contributed by atoms with E-state index < -0.39 is 0 Å². The maximum absolute atomic E-state index is 5.55. The summed E-state index contributed by atoms with van der Waals surface area (Å²) in [6.07, 6.45) is 3.51. The van der Waals surface area contributed by atoms with Crippen molar-refractivity contribution >= 4 is 0 Å². The maximum atomic E-state index is 5.55. The normalized spacial score (nSPS) is 21.5.